The molecular weight excluding hydrogens is 334 g/mol. The van der Waals surface area contributed by atoms with Gasteiger partial charge in [-0.2, -0.15) is 0 Å². The van der Waals surface area contributed by atoms with E-state index in [1.165, 1.54) is 37.8 Å². The molecule has 2 heterocycles. The fraction of sp³-hybridized carbons (Fsp3) is 0.789. The first kappa shape index (κ1) is 18.8. The highest BCUT2D eigenvalue weighted by atomic mass is 32.2. The van der Waals surface area contributed by atoms with Crippen molar-refractivity contribution in [2.24, 2.45) is 5.92 Å². The number of thioether (sulfide) groups is 1. The average Bonchev–Trinajstić information content (AvgIpc) is 3.23. The molecular formula is C19H31N3O2S. The van der Waals surface area contributed by atoms with Crippen LogP contribution < -0.4 is 5.32 Å². The Hall–Kier alpha value is -1.01. The Bertz CT molecular complexity index is 575. The van der Waals surface area contributed by atoms with Crippen LogP contribution >= 0.6 is 11.8 Å². The first-order valence-electron chi connectivity index (χ1n) is 9.68. The lowest BCUT2D eigenvalue weighted by molar-refractivity contribution is -0.118. The van der Waals surface area contributed by atoms with Crippen molar-refractivity contribution in [1.82, 2.24) is 14.9 Å². The second kappa shape index (κ2) is 9.08. The van der Waals surface area contributed by atoms with Crippen molar-refractivity contribution in [1.29, 1.82) is 0 Å². The zero-order chi connectivity index (χ0) is 17.6. The number of carbonyl (C=O) groups is 1. The molecule has 6 heteroatoms. The van der Waals surface area contributed by atoms with Gasteiger partial charge in [0.2, 0.25) is 5.91 Å². The van der Waals surface area contributed by atoms with Gasteiger partial charge in [0.05, 0.1) is 24.1 Å². The van der Waals surface area contributed by atoms with Gasteiger partial charge >= 0.3 is 0 Å². The molecule has 3 rings (SSSR count). The molecule has 0 bridgehead atoms. The van der Waals surface area contributed by atoms with Crippen LogP contribution in [0.25, 0.3) is 0 Å². The van der Waals surface area contributed by atoms with Crippen LogP contribution in [-0.4, -0.2) is 40.5 Å². The molecule has 25 heavy (non-hydrogen) atoms. The fourth-order valence-electron chi connectivity index (χ4n) is 3.77. The minimum absolute atomic E-state index is 0.123. The quantitative estimate of drug-likeness (QED) is 0.752. The first-order chi connectivity index (χ1) is 12.1. The lowest BCUT2D eigenvalue weighted by Crippen LogP contribution is -2.31. The maximum Gasteiger partial charge on any atom is 0.230 e. The van der Waals surface area contributed by atoms with E-state index >= 15 is 0 Å². The summed E-state index contributed by atoms with van der Waals surface area (Å²) < 4.78 is 8.00. The summed E-state index contributed by atoms with van der Waals surface area (Å²) in [5, 5.41) is 4.06. The van der Waals surface area contributed by atoms with E-state index in [9.17, 15) is 4.79 Å². The second-order valence-corrected chi connectivity index (χ2v) is 8.35. The van der Waals surface area contributed by atoms with Gasteiger partial charge in [-0.1, -0.05) is 31.0 Å². The van der Waals surface area contributed by atoms with E-state index in [0.717, 1.165) is 43.4 Å². The monoisotopic (exact) mass is 365 g/mol. The van der Waals surface area contributed by atoms with Gasteiger partial charge in [0, 0.05) is 18.8 Å². The predicted octanol–water partition coefficient (Wildman–Crippen LogP) is 3.47. The third-order valence-electron chi connectivity index (χ3n) is 5.48. The van der Waals surface area contributed by atoms with Crippen LogP contribution in [0.4, 0.5) is 0 Å². The normalized spacial score (nSPS) is 21.6. The zero-order valence-corrected chi connectivity index (χ0v) is 16.4. The number of hydrogen-bond acceptors (Lipinski definition) is 4. The van der Waals surface area contributed by atoms with Gasteiger partial charge in [0.15, 0.2) is 5.16 Å². The van der Waals surface area contributed by atoms with Gasteiger partial charge in [-0.3, -0.25) is 4.79 Å². The number of nitrogens with zero attached hydrogens (tertiary/aromatic N) is 2. The van der Waals surface area contributed by atoms with Gasteiger partial charge in [-0.25, -0.2) is 4.98 Å². The summed E-state index contributed by atoms with van der Waals surface area (Å²) in [5.74, 6) is 1.24. The topological polar surface area (TPSA) is 56.2 Å². The summed E-state index contributed by atoms with van der Waals surface area (Å²) in [6.07, 6.45) is 9.04. The number of aryl methyl sites for hydroxylation is 1. The number of rotatable bonds is 7. The van der Waals surface area contributed by atoms with E-state index in [2.05, 4.69) is 21.8 Å². The van der Waals surface area contributed by atoms with E-state index in [-0.39, 0.29) is 12.0 Å². The minimum Gasteiger partial charge on any atom is -0.376 e. The van der Waals surface area contributed by atoms with E-state index < -0.39 is 0 Å². The smallest absolute Gasteiger partial charge is 0.230 e. The summed E-state index contributed by atoms with van der Waals surface area (Å²) in [4.78, 5) is 16.9. The van der Waals surface area contributed by atoms with E-state index in [0.29, 0.717) is 11.7 Å². The third-order valence-corrected chi connectivity index (χ3v) is 6.45. The molecule has 5 nitrogen and oxygen atoms in total. The Kier molecular flexibility index (Phi) is 6.82. The first-order valence-corrected chi connectivity index (χ1v) is 10.7. The molecule has 140 valence electrons. The van der Waals surface area contributed by atoms with Crippen LogP contribution in [0.3, 0.4) is 0 Å². The Balaban J connectivity index is 1.49. The molecule has 0 spiro atoms. The number of nitrogens with one attached hydrogen (secondary N) is 1. The summed E-state index contributed by atoms with van der Waals surface area (Å²) >= 11 is 1.54. The molecule has 1 aromatic heterocycles. The highest BCUT2D eigenvalue weighted by Gasteiger charge is 2.21. The number of amides is 1. The lowest BCUT2D eigenvalue weighted by atomic mass is 9.89. The molecule has 1 atom stereocenters. The molecule has 1 aliphatic carbocycles. The molecule has 1 amide bonds. The summed E-state index contributed by atoms with van der Waals surface area (Å²) in [6.45, 7) is 6.68. The van der Waals surface area contributed by atoms with E-state index in [4.69, 9.17) is 4.74 Å². The highest BCUT2D eigenvalue weighted by Crippen LogP contribution is 2.25. The van der Waals surface area contributed by atoms with Crippen LogP contribution in [-0.2, 0) is 16.1 Å². The van der Waals surface area contributed by atoms with Gasteiger partial charge in [0.25, 0.3) is 0 Å². The fourth-order valence-corrected chi connectivity index (χ4v) is 4.70. The van der Waals surface area contributed by atoms with Gasteiger partial charge < -0.3 is 14.6 Å². The molecule has 0 aromatic carbocycles. The molecule has 1 aliphatic heterocycles. The van der Waals surface area contributed by atoms with Crippen LogP contribution in [0.15, 0.2) is 5.16 Å². The van der Waals surface area contributed by atoms with Crippen LogP contribution in [0.2, 0.25) is 0 Å². The van der Waals surface area contributed by atoms with Crippen molar-refractivity contribution in [3.05, 3.63) is 11.4 Å². The second-order valence-electron chi connectivity index (χ2n) is 7.41. The summed E-state index contributed by atoms with van der Waals surface area (Å²) in [5.41, 5.74) is 2.23. The largest absolute Gasteiger partial charge is 0.376 e. The zero-order valence-electron chi connectivity index (χ0n) is 15.6. The van der Waals surface area contributed by atoms with Crippen LogP contribution in [0.5, 0.6) is 0 Å². The Morgan fingerprint density at radius 1 is 1.24 bits per heavy atom. The molecule has 1 saturated heterocycles. The molecule has 0 radical (unpaired) electrons. The van der Waals surface area contributed by atoms with Crippen LogP contribution in [0, 0.1) is 19.8 Å². The molecule has 1 saturated carbocycles. The van der Waals surface area contributed by atoms with Crippen molar-refractivity contribution in [2.75, 3.05) is 18.9 Å². The highest BCUT2D eigenvalue weighted by molar-refractivity contribution is 7.99. The number of ether oxygens (including phenoxy) is 1. The molecule has 1 aromatic rings. The van der Waals surface area contributed by atoms with Crippen LogP contribution in [0.1, 0.15) is 56.3 Å². The molecule has 0 unspecified atom stereocenters. The Labute approximate surface area is 155 Å². The molecule has 2 fully saturated rings. The molecule has 2 aliphatic rings. The predicted molar refractivity (Wildman–Crippen MR) is 101 cm³/mol. The number of carbonyl (C=O) groups excluding carboxylic acids is 1. The van der Waals surface area contributed by atoms with Gasteiger partial charge in [-0.05, 0) is 45.4 Å². The van der Waals surface area contributed by atoms with Crippen molar-refractivity contribution < 1.29 is 9.53 Å². The summed E-state index contributed by atoms with van der Waals surface area (Å²) in [6, 6.07) is 0. The number of imidazole rings is 1. The third kappa shape index (κ3) is 5.23. The Morgan fingerprint density at radius 3 is 2.76 bits per heavy atom. The van der Waals surface area contributed by atoms with Gasteiger partial charge in [-0.15, -0.1) is 0 Å². The average molecular weight is 366 g/mol. The van der Waals surface area contributed by atoms with Crippen molar-refractivity contribution >= 4 is 17.7 Å². The van der Waals surface area contributed by atoms with Crippen molar-refractivity contribution in [3.8, 4) is 0 Å². The maximum atomic E-state index is 12.2. The summed E-state index contributed by atoms with van der Waals surface area (Å²) in [7, 11) is 0. The minimum atomic E-state index is 0.123. The molecule has 1 N–H and O–H groups in total. The Morgan fingerprint density at radius 2 is 2.04 bits per heavy atom. The number of hydrogen-bond donors (Lipinski definition) is 1. The van der Waals surface area contributed by atoms with Gasteiger partial charge in [0.1, 0.15) is 0 Å². The van der Waals surface area contributed by atoms with E-state index in [1.807, 2.05) is 6.92 Å². The lowest BCUT2D eigenvalue weighted by Gasteiger charge is -2.21. The standard InChI is InChI=1S/C19H31N3O2S/c1-14-15(2)22(12-17-9-6-10-24-17)19(21-14)25-13-18(23)20-11-16-7-4-3-5-8-16/h16-17H,3-13H2,1-2H3,(H,20,23)/t17-/m0/s1. The number of aromatic nitrogens is 2. The van der Waals surface area contributed by atoms with Crippen molar-refractivity contribution in [2.45, 2.75) is 76.6 Å². The SMILES string of the molecule is Cc1nc(SCC(=O)NCC2CCCCC2)n(C[C@@H]2CCCO2)c1C. The van der Waals surface area contributed by atoms with Crippen molar-refractivity contribution in [3.63, 3.8) is 0 Å². The maximum absolute atomic E-state index is 12.2. The van der Waals surface area contributed by atoms with E-state index in [1.54, 1.807) is 11.8 Å².